The Bertz CT molecular complexity index is 806. The van der Waals surface area contributed by atoms with Crippen LogP contribution in [0.15, 0.2) is 53.6 Å². The largest absolute Gasteiger partial charge is 0.392 e. The van der Waals surface area contributed by atoms with Crippen LogP contribution in [0.5, 0.6) is 0 Å². The highest BCUT2D eigenvalue weighted by atomic mass is 19.1. The summed E-state index contributed by atoms with van der Waals surface area (Å²) in [5.74, 6) is -0.415. The molecule has 0 bridgehead atoms. The third-order valence-corrected chi connectivity index (χ3v) is 4.20. The fraction of sp³-hybridized carbons (Fsp3) is 0.263. The number of aliphatic hydroxyl groups excluding tert-OH is 1. The summed E-state index contributed by atoms with van der Waals surface area (Å²) in [6, 6.07) is 13.5. The molecular weight excluding hydrogens is 321 g/mol. The highest BCUT2D eigenvalue weighted by molar-refractivity contribution is 6.03. The normalized spacial score (nSPS) is 16.7. The van der Waals surface area contributed by atoms with E-state index in [1.165, 1.54) is 22.0 Å². The van der Waals surface area contributed by atoms with E-state index in [1.807, 2.05) is 30.3 Å². The maximum Gasteiger partial charge on any atom is 0.340 e. The summed E-state index contributed by atoms with van der Waals surface area (Å²) in [7, 11) is 3.32. The molecule has 2 aromatic carbocycles. The van der Waals surface area contributed by atoms with Gasteiger partial charge in [-0.2, -0.15) is 5.10 Å². The van der Waals surface area contributed by atoms with Crippen LogP contribution in [0.4, 0.5) is 9.18 Å². The van der Waals surface area contributed by atoms with Gasteiger partial charge in [0.1, 0.15) is 5.82 Å². The van der Waals surface area contributed by atoms with Crippen LogP contribution >= 0.6 is 0 Å². The third kappa shape index (κ3) is 3.39. The lowest BCUT2D eigenvalue weighted by molar-refractivity contribution is 0.159. The predicted octanol–water partition coefficient (Wildman–Crippen LogP) is 3.15. The molecule has 3 rings (SSSR count). The Labute approximate surface area is 146 Å². The lowest BCUT2D eigenvalue weighted by atomic mass is 9.97. The van der Waals surface area contributed by atoms with Crippen LogP contribution in [-0.4, -0.2) is 40.9 Å². The minimum Gasteiger partial charge on any atom is -0.392 e. The highest BCUT2D eigenvalue weighted by Gasteiger charge is 2.34. The van der Waals surface area contributed by atoms with E-state index in [2.05, 4.69) is 5.10 Å². The summed E-state index contributed by atoms with van der Waals surface area (Å²) >= 11 is 0. The van der Waals surface area contributed by atoms with Crippen molar-refractivity contribution < 1.29 is 14.3 Å². The number of nitrogens with zero attached hydrogens (tertiary/aromatic N) is 3. The van der Waals surface area contributed by atoms with E-state index in [0.29, 0.717) is 23.3 Å². The maximum atomic E-state index is 14.3. The molecule has 1 aliphatic heterocycles. The van der Waals surface area contributed by atoms with Crippen molar-refractivity contribution in [2.24, 2.45) is 5.10 Å². The number of carbonyl (C=O) groups is 1. The molecule has 0 saturated heterocycles. The first kappa shape index (κ1) is 17.1. The molecule has 0 radical (unpaired) electrons. The van der Waals surface area contributed by atoms with Gasteiger partial charge < -0.3 is 10.0 Å². The predicted molar refractivity (Wildman–Crippen MR) is 93.6 cm³/mol. The molecule has 0 aliphatic carbocycles. The molecule has 1 unspecified atom stereocenters. The zero-order chi connectivity index (χ0) is 18.0. The number of halogens is 1. The first-order valence-corrected chi connectivity index (χ1v) is 8.04. The monoisotopic (exact) mass is 341 g/mol. The Morgan fingerprint density at radius 1 is 1.28 bits per heavy atom. The molecule has 1 heterocycles. The lowest BCUT2D eigenvalue weighted by Crippen LogP contribution is -2.36. The van der Waals surface area contributed by atoms with Gasteiger partial charge in [0.15, 0.2) is 0 Å². The average molecular weight is 341 g/mol. The van der Waals surface area contributed by atoms with Gasteiger partial charge >= 0.3 is 6.03 Å². The van der Waals surface area contributed by atoms with Crippen LogP contribution in [0, 0.1) is 5.82 Å². The van der Waals surface area contributed by atoms with Gasteiger partial charge in [-0.1, -0.05) is 36.4 Å². The van der Waals surface area contributed by atoms with Gasteiger partial charge in [0.25, 0.3) is 0 Å². The van der Waals surface area contributed by atoms with E-state index in [0.717, 1.165) is 5.56 Å². The molecule has 2 amide bonds. The van der Waals surface area contributed by atoms with E-state index in [4.69, 9.17) is 0 Å². The second-order valence-corrected chi connectivity index (χ2v) is 6.17. The molecular formula is C19H20FN3O2. The van der Waals surface area contributed by atoms with Crippen molar-refractivity contribution in [2.75, 3.05) is 14.1 Å². The molecule has 5 nitrogen and oxygen atoms in total. The Morgan fingerprint density at radius 3 is 2.64 bits per heavy atom. The van der Waals surface area contributed by atoms with Crippen LogP contribution in [0.2, 0.25) is 0 Å². The van der Waals surface area contributed by atoms with Crippen LogP contribution in [-0.2, 0) is 6.61 Å². The van der Waals surface area contributed by atoms with Crippen molar-refractivity contribution in [2.45, 2.75) is 19.1 Å². The van der Waals surface area contributed by atoms with Crippen LogP contribution in [0.3, 0.4) is 0 Å². The standard InChI is InChI=1S/C19H20FN3O2/c1-22(2)19(25)23-18(14-6-4-3-5-7-14)11-17(21-23)15-10-13(12-24)8-9-16(15)20/h3-10,18,24H,11-12H2,1-2H3. The summed E-state index contributed by atoms with van der Waals surface area (Å²) in [4.78, 5) is 14.0. The van der Waals surface area contributed by atoms with Gasteiger partial charge in [-0.05, 0) is 23.3 Å². The minimum absolute atomic E-state index is 0.178. The van der Waals surface area contributed by atoms with Gasteiger partial charge in [0.05, 0.1) is 18.4 Å². The number of aliphatic hydroxyl groups is 1. The van der Waals surface area contributed by atoms with Gasteiger partial charge in [-0.3, -0.25) is 0 Å². The number of benzene rings is 2. The summed E-state index contributed by atoms with van der Waals surface area (Å²) in [6.45, 7) is -0.178. The number of hydrogen-bond donors (Lipinski definition) is 1. The van der Waals surface area contributed by atoms with E-state index < -0.39 is 5.82 Å². The molecule has 1 atom stereocenters. The van der Waals surface area contributed by atoms with Crippen LogP contribution in [0.1, 0.15) is 29.2 Å². The number of rotatable bonds is 3. The number of hydrogen-bond acceptors (Lipinski definition) is 3. The Morgan fingerprint density at radius 2 is 2.00 bits per heavy atom. The molecule has 25 heavy (non-hydrogen) atoms. The van der Waals surface area contributed by atoms with Crippen molar-refractivity contribution in [1.82, 2.24) is 9.91 Å². The molecule has 2 aromatic rings. The molecule has 1 aliphatic rings. The first-order chi connectivity index (χ1) is 12.0. The summed E-state index contributed by atoms with van der Waals surface area (Å²) in [6.07, 6.45) is 0.412. The van der Waals surface area contributed by atoms with E-state index in [1.54, 1.807) is 20.2 Å². The highest BCUT2D eigenvalue weighted by Crippen LogP contribution is 2.34. The maximum absolute atomic E-state index is 14.3. The molecule has 6 heteroatoms. The Kier molecular flexibility index (Phi) is 4.81. The average Bonchev–Trinajstić information content (AvgIpc) is 3.07. The Hall–Kier alpha value is -2.73. The number of hydrazone groups is 1. The first-order valence-electron chi connectivity index (χ1n) is 8.04. The zero-order valence-corrected chi connectivity index (χ0v) is 14.2. The minimum atomic E-state index is -0.415. The smallest absolute Gasteiger partial charge is 0.340 e. The number of amides is 2. The lowest BCUT2D eigenvalue weighted by Gasteiger charge is -2.25. The third-order valence-electron chi connectivity index (χ3n) is 4.20. The Balaban J connectivity index is 2.02. The topological polar surface area (TPSA) is 56.1 Å². The van der Waals surface area contributed by atoms with Crippen molar-refractivity contribution in [3.63, 3.8) is 0 Å². The van der Waals surface area contributed by atoms with E-state index >= 15 is 0 Å². The van der Waals surface area contributed by atoms with E-state index in [9.17, 15) is 14.3 Å². The SMILES string of the molecule is CN(C)C(=O)N1N=C(c2cc(CO)ccc2F)CC1c1ccccc1. The van der Waals surface area contributed by atoms with Gasteiger partial charge in [0, 0.05) is 26.1 Å². The molecule has 0 spiro atoms. The van der Waals surface area contributed by atoms with Crippen molar-refractivity contribution in [3.05, 3.63) is 71.0 Å². The molecule has 1 N–H and O–H groups in total. The summed E-state index contributed by atoms with van der Waals surface area (Å²) in [5.41, 5.74) is 2.36. The summed E-state index contributed by atoms with van der Waals surface area (Å²) in [5, 5.41) is 15.1. The van der Waals surface area contributed by atoms with Gasteiger partial charge in [-0.25, -0.2) is 14.2 Å². The van der Waals surface area contributed by atoms with Crippen molar-refractivity contribution in [3.8, 4) is 0 Å². The summed E-state index contributed by atoms with van der Waals surface area (Å²) < 4.78 is 14.3. The van der Waals surface area contributed by atoms with Crippen LogP contribution < -0.4 is 0 Å². The zero-order valence-electron chi connectivity index (χ0n) is 14.2. The van der Waals surface area contributed by atoms with Crippen LogP contribution in [0.25, 0.3) is 0 Å². The number of carbonyl (C=O) groups excluding carboxylic acids is 1. The molecule has 0 fully saturated rings. The molecule has 0 saturated carbocycles. The fourth-order valence-electron chi connectivity index (χ4n) is 2.88. The molecule has 130 valence electrons. The second kappa shape index (κ2) is 7.03. The fourth-order valence-corrected chi connectivity index (χ4v) is 2.88. The van der Waals surface area contributed by atoms with Crippen molar-refractivity contribution >= 4 is 11.7 Å². The second-order valence-electron chi connectivity index (χ2n) is 6.17. The van der Waals surface area contributed by atoms with Gasteiger partial charge in [-0.15, -0.1) is 0 Å². The van der Waals surface area contributed by atoms with Crippen molar-refractivity contribution in [1.29, 1.82) is 0 Å². The number of urea groups is 1. The molecule has 0 aromatic heterocycles. The van der Waals surface area contributed by atoms with E-state index in [-0.39, 0.29) is 18.7 Å². The quantitative estimate of drug-likeness (QED) is 0.932. The van der Waals surface area contributed by atoms with Gasteiger partial charge in [0.2, 0.25) is 0 Å².